The Morgan fingerprint density at radius 3 is 2.65 bits per heavy atom. The first-order valence-corrected chi connectivity index (χ1v) is 8.03. The Morgan fingerprint density at radius 1 is 0.957 bits per heavy atom. The van der Waals surface area contributed by atoms with Crippen LogP contribution in [0.2, 0.25) is 0 Å². The molecule has 0 aliphatic heterocycles. The van der Waals surface area contributed by atoms with E-state index in [-0.39, 0.29) is 5.78 Å². The topological polar surface area (TPSA) is 30.2 Å². The molecule has 2 nitrogen and oxygen atoms in total. The van der Waals surface area contributed by atoms with Gasteiger partial charge in [-0.05, 0) is 33.6 Å². The summed E-state index contributed by atoms with van der Waals surface area (Å²) in [5.41, 5.74) is 5.38. The fourth-order valence-corrected chi connectivity index (χ4v) is 3.94. The molecule has 106 valence electrons. The molecule has 1 aliphatic rings. The summed E-state index contributed by atoms with van der Waals surface area (Å²) in [5, 5.41) is 1.99. The van der Waals surface area contributed by atoms with Crippen molar-refractivity contribution in [1.29, 1.82) is 0 Å². The normalized spacial score (nSPS) is 12.8. The fourth-order valence-electron chi connectivity index (χ4n) is 3.43. The van der Waals surface area contributed by atoms with Crippen molar-refractivity contribution in [1.82, 2.24) is 0 Å². The Balaban J connectivity index is 2.05. The van der Waals surface area contributed by atoms with Gasteiger partial charge in [0.1, 0.15) is 19.0 Å². The highest BCUT2D eigenvalue weighted by Crippen LogP contribution is 2.47. The third-order valence-electron chi connectivity index (χ3n) is 4.41. The number of benzene rings is 3. The lowest BCUT2D eigenvalue weighted by Gasteiger charge is -2.04. The first-order chi connectivity index (χ1) is 11.1. The van der Waals surface area contributed by atoms with Gasteiger partial charge < -0.3 is 4.42 Å². The summed E-state index contributed by atoms with van der Waals surface area (Å²) in [6.07, 6.45) is 0. The van der Waals surface area contributed by atoms with Gasteiger partial charge in [0.2, 0.25) is 0 Å². The van der Waals surface area contributed by atoms with Gasteiger partial charge in [-0.15, -0.1) is 0 Å². The van der Waals surface area contributed by atoms with E-state index in [9.17, 15) is 4.79 Å². The Bertz CT molecular complexity index is 1160. The molecule has 0 atom stereocenters. The molecule has 0 amide bonds. The van der Waals surface area contributed by atoms with E-state index in [1.807, 2.05) is 42.5 Å². The number of hydrogen-bond donors (Lipinski definition) is 0. The van der Waals surface area contributed by atoms with Crippen LogP contribution in [-0.4, -0.2) is 13.6 Å². The quantitative estimate of drug-likeness (QED) is 0.385. The summed E-state index contributed by atoms with van der Waals surface area (Å²) >= 11 is 3.54. The molecular formula is C19H8BBrO2. The minimum atomic E-state index is 0.00943. The van der Waals surface area contributed by atoms with Crippen molar-refractivity contribution in [3.63, 3.8) is 0 Å². The van der Waals surface area contributed by atoms with Crippen molar-refractivity contribution >= 4 is 57.0 Å². The molecule has 3 aromatic carbocycles. The molecule has 1 aromatic heterocycles. The van der Waals surface area contributed by atoms with Crippen LogP contribution in [-0.2, 0) is 0 Å². The first-order valence-electron chi connectivity index (χ1n) is 7.23. The fraction of sp³-hybridized carbons (Fsp3) is 0. The van der Waals surface area contributed by atoms with Crippen LogP contribution >= 0.6 is 15.9 Å². The molecule has 2 radical (unpaired) electrons. The van der Waals surface area contributed by atoms with E-state index >= 15 is 0 Å². The van der Waals surface area contributed by atoms with E-state index in [1.54, 1.807) is 6.07 Å². The van der Waals surface area contributed by atoms with E-state index in [4.69, 9.17) is 12.3 Å². The summed E-state index contributed by atoms with van der Waals surface area (Å²) < 4.78 is 6.79. The van der Waals surface area contributed by atoms with Gasteiger partial charge in [-0.25, -0.2) is 0 Å². The third kappa shape index (κ3) is 1.62. The highest BCUT2D eigenvalue weighted by molar-refractivity contribution is 9.10. The molecule has 1 aliphatic carbocycles. The highest BCUT2D eigenvalue weighted by atomic mass is 79.9. The number of para-hydroxylation sites is 1. The molecule has 4 heteroatoms. The van der Waals surface area contributed by atoms with Gasteiger partial charge in [0.05, 0.1) is 4.47 Å². The maximum absolute atomic E-state index is 12.8. The number of ketones is 1. The Labute approximate surface area is 141 Å². The van der Waals surface area contributed by atoms with Crippen LogP contribution in [0.1, 0.15) is 15.9 Å². The van der Waals surface area contributed by atoms with Crippen LogP contribution in [0.5, 0.6) is 0 Å². The summed E-state index contributed by atoms with van der Waals surface area (Å²) in [6, 6.07) is 15.2. The third-order valence-corrected chi connectivity index (χ3v) is 4.99. The highest BCUT2D eigenvalue weighted by Gasteiger charge is 2.31. The first kappa shape index (κ1) is 13.1. The van der Waals surface area contributed by atoms with E-state index in [2.05, 4.69) is 15.9 Å². The van der Waals surface area contributed by atoms with E-state index in [0.29, 0.717) is 16.6 Å². The zero-order valence-corrected chi connectivity index (χ0v) is 13.5. The van der Waals surface area contributed by atoms with Gasteiger partial charge >= 0.3 is 0 Å². The Kier molecular flexibility index (Phi) is 2.49. The van der Waals surface area contributed by atoms with Gasteiger partial charge in [0.15, 0.2) is 5.78 Å². The van der Waals surface area contributed by atoms with Crippen molar-refractivity contribution in [2.75, 3.05) is 0 Å². The molecule has 0 fully saturated rings. The molecule has 0 bridgehead atoms. The van der Waals surface area contributed by atoms with Crippen molar-refractivity contribution in [2.45, 2.75) is 0 Å². The Morgan fingerprint density at radius 2 is 1.78 bits per heavy atom. The molecule has 4 aromatic rings. The molecule has 0 N–H and O–H groups in total. The van der Waals surface area contributed by atoms with Crippen LogP contribution in [0.15, 0.2) is 57.4 Å². The van der Waals surface area contributed by atoms with Crippen LogP contribution in [0.4, 0.5) is 0 Å². The van der Waals surface area contributed by atoms with Gasteiger partial charge in [-0.1, -0.05) is 41.9 Å². The van der Waals surface area contributed by atoms with Crippen LogP contribution in [0.3, 0.4) is 0 Å². The molecule has 0 unspecified atom stereocenters. The molecule has 0 spiro atoms. The number of carbonyl (C=O) groups is 1. The maximum atomic E-state index is 12.8. The molecule has 23 heavy (non-hydrogen) atoms. The second-order valence-electron chi connectivity index (χ2n) is 5.72. The number of fused-ring (bicyclic) bond motifs is 7. The van der Waals surface area contributed by atoms with Gasteiger partial charge in [-0.3, -0.25) is 4.79 Å². The monoisotopic (exact) mass is 358 g/mol. The van der Waals surface area contributed by atoms with E-state index in [1.165, 1.54) is 0 Å². The second kappa shape index (κ2) is 4.36. The van der Waals surface area contributed by atoms with Crippen LogP contribution in [0, 0.1) is 0 Å². The second-order valence-corrected chi connectivity index (χ2v) is 6.57. The summed E-state index contributed by atoms with van der Waals surface area (Å²) in [6.45, 7) is 0. The van der Waals surface area contributed by atoms with Crippen molar-refractivity contribution < 1.29 is 9.21 Å². The summed E-state index contributed by atoms with van der Waals surface area (Å²) in [4.78, 5) is 12.8. The van der Waals surface area contributed by atoms with Crippen molar-refractivity contribution in [3.8, 4) is 11.1 Å². The number of halogens is 1. The van der Waals surface area contributed by atoms with Crippen LogP contribution < -0.4 is 5.46 Å². The van der Waals surface area contributed by atoms with E-state index < -0.39 is 0 Å². The SMILES string of the molecule is [B]c1ccc2c(c1)C(=O)c1cc(Br)c3oc4ccccc4c3c1-2. The molecule has 1 heterocycles. The minimum absolute atomic E-state index is 0.00943. The van der Waals surface area contributed by atoms with Crippen molar-refractivity contribution in [3.05, 3.63) is 64.1 Å². The minimum Gasteiger partial charge on any atom is -0.455 e. The van der Waals surface area contributed by atoms with Crippen LogP contribution in [0.25, 0.3) is 33.1 Å². The van der Waals surface area contributed by atoms with E-state index in [0.717, 1.165) is 37.5 Å². The average Bonchev–Trinajstić information content (AvgIpc) is 3.05. The van der Waals surface area contributed by atoms with Crippen molar-refractivity contribution in [2.24, 2.45) is 0 Å². The molecule has 5 rings (SSSR count). The predicted molar refractivity (Wildman–Crippen MR) is 95.7 cm³/mol. The zero-order valence-electron chi connectivity index (χ0n) is 11.9. The number of rotatable bonds is 0. The predicted octanol–water partition coefficient (Wildman–Crippen LogP) is 4.35. The molecule has 0 saturated carbocycles. The number of furan rings is 1. The number of carbonyl (C=O) groups excluding carboxylic acids is 1. The van der Waals surface area contributed by atoms with Gasteiger partial charge in [0.25, 0.3) is 0 Å². The summed E-state index contributed by atoms with van der Waals surface area (Å²) in [7, 11) is 5.86. The molecule has 0 saturated heterocycles. The number of hydrogen-bond acceptors (Lipinski definition) is 2. The lowest BCUT2D eigenvalue weighted by atomic mass is 9.91. The largest absolute Gasteiger partial charge is 0.455 e. The zero-order chi connectivity index (χ0) is 15.7. The summed E-state index contributed by atoms with van der Waals surface area (Å²) in [5.74, 6) is 0.00943. The standard InChI is InChI=1S/C19H8BBrO2/c20-9-5-6-10-12(7-9)18(22)13-8-14(21)19-17(16(10)13)11-3-1-2-4-15(11)23-19/h1-8H. The average molecular weight is 359 g/mol. The lowest BCUT2D eigenvalue weighted by molar-refractivity contribution is 0.104. The maximum Gasteiger partial charge on any atom is 0.194 e. The van der Waals surface area contributed by atoms with Gasteiger partial charge in [-0.2, -0.15) is 0 Å². The molecular weight excluding hydrogens is 351 g/mol. The van der Waals surface area contributed by atoms with Gasteiger partial charge in [0, 0.05) is 27.5 Å². The smallest absolute Gasteiger partial charge is 0.194 e. The lowest BCUT2D eigenvalue weighted by Crippen LogP contribution is -2.05. The Hall–Kier alpha value is -2.33.